The van der Waals surface area contributed by atoms with Crippen molar-refractivity contribution < 1.29 is 4.79 Å². The maximum Gasteiger partial charge on any atom is 0.244 e. The van der Waals surface area contributed by atoms with Gasteiger partial charge in [0.2, 0.25) is 5.24 Å². The number of halogens is 1. The second-order valence-corrected chi connectivity index (χ2v) is 2.93. The van der Waals surface area contributed by atoms with Crippen molar-refractivity contribution in [1.82, 2.24) is 0 Å². The van der Waals surface area contributed by atoms with Crippen molar-refractivity contribution in [3.05, 3.63) is 12.2 Å². The number of hydrogen-bond acceptors (Lipinski definition) is 1. The second kappa shape index (κ2) is 7.80. The smallest absolute Gasteiger partial charge is 0.244 e. The van der Waals surface area contributed by atoms with Crippen LogP contribution in [-0.2, 0) is 4.79 Å². The molecule has 2 heteroatoms. The molecule has 0 aliphatic heterocycles. The minimum Gasteiger partial charge on any atom is -0.276 e. The van der Waals surface area contributed by atoms with Crippen LogP contribution < -0.4 is 0 Å². The van der Waals surface area contributed by atoms with Gasteiger partial charge in [0.1, 0.15) is 0 Å². The van der Waals surface area contributed by atoms with E-state index in [1.165, 1.54) is 25.3 Å². The quantitative estimate of drug-likeness (QED) is 0.343. The Labute approximate surface area is 73.4 Å². The van der Waals surface area contributed by atoms with Crippen molar-refractivity contribution >= 4 is 16.8 Å². The Morgan fingerprint density at radius 1 is 1.36 bits per heavy atom. The summed E-state index contributed by atoms with van der Waals surface area (Å²) in [6, 6.07) is 0. The maximum absolute atomic E-state index is 10.2. The van der Waals surface area contributed by atoms with Crippen LogP contribution in [-0.4, -0.2) is 5.24 Å². The van der Waals surface area contributed by atoms with Crippen molar-refractivity contribution in [3.8, 4) is 0 Å². The molecule has 0 spiro atoms. The highest BCUT2D eigenvalue weighted by Gasteiger charge is 1.86. The standard InChI is InChI=1S/C9H15ClO/c1-2-3-4-5-6-7-8-9(10)11/h7-8H,2-6H2,1H3. The number of unbranched alkanes of at least 4 members (excludes halogenated alkanes) is 4. The molecule has 0 atom stereocenters. The van der Waals surface area contributed by atoms with E-state index in [0.717, 1.165) is 12.8 Å². The van der Waals surface area contributed by atoms with Gasteiger partial charge in [-0.15, -0.1) is 0 Å². The molecule has 0 aromatic carbocycles. The molecule has 0 aromatic rings. The first-order valence-corrected chi connectivity index (χ1v) is 4.51. The Morgan fingerprint density at radius 2 is 2.09 bits per heavy atom. The summed E-state index contributed by atoms with van der Waals surface area (Å²) < 4.78 is 0. The van der Waals surface area contributed by atoms with Gasteiger partial charge in [0, 0.05) is 0 Å². The molecule has 11 heavy (non-hydrogen) atoms. The largest absolute Gasteiger partial charge is 0.276 e. The van der Waals surface area contributed by atoms with E-state index >= 15 is 0 Å². The molecule has 0 aliphatic carbocycles. The average Bonchev–Trinajstić information content (AvgIpc) is 1.96. The predicted octanol–water partition coefficient (Wildman–Crippen LogP) is 3.28. The van der Waals surface area contributed by atoms with E-state index < -0.39 is 0 Å². The van der Waals surface area contributed by atoms with E-state index in [1.807, 2.05) is 6.08 Å². The van der Waals surface area contributed by atoms with Gasteiger partial charge in [0.25, 0.3) is 0 Å². The minimum absolute atomic E-state index is 0.375. The first kappa shape index (κ1) is 10.7. The van der Waals surface area contributed by atoms with Crippen LogP contribution in [0, 0.1) is 0 Å². The molecule has 0 amide bonds. The van der Waals surface area contributed by atoms with Gasteiger partial charge in [-0.2, -0.15) is 0 Å². The van der Waals surface area contributed by atoms with Crippen LogP contribution in [0.15, 0.2) is 12.2 Å². The van der Waals surface area contributed by atoms with Crippen LogP contribution in [0.2, 0.25) is 0 Å². The molecule has 1 nitrogen and oxygen atoms in total. The highest BCUT2D eigenvalue weighted by molar-refractivity contribution is 6.66. The molecule has 0 aromatic heterocycles. The number of rotatable bonds is 6. The fourth-order valence-corrected chi connectivity index (χ4v) is 0.954. The molecule has 64 valence electrons. The molecule has 0 bridgehead atoms. The molecule has 0 aliphatic rings. The highest BCUT2D eigenvalue weighted by atomic mass is 35.5. The third-order valence-electron chi connectivity index (χ3n) is 1.47. The first-order chi connectivity index (χ1) is 5.27. The Hall–Kier alpha value is -0.300. The van der Waals surface area contributed by atoms with Crippen LogP contribution >= 0.6 is 11.6 Å². The zero-order chi connectivity index (χ0) is 8.53. The summed E-state index contributed by atoms with van der Waals surface area (Å²) in [4.78, 5) is 10.2. The third kappa shape index (κ3) is 9.70. The van der Waals surface area contributed by atoms with Gasteiger partial charge in [-0.25, -0.2) is 0 Å². The Bertz CT molecular complexity index is 130. The van der Waals surface area contributed by atoms with Gasteiger partial charge in [0.15, 0.2) is 0 Å². The lowest BCUT2D eigenvalue weighted by Crippen LogP contribution is -1.77. The topological polar surface area (TPSA) is 17.1 Å². The fraction of sp³-hybridized carbons (Fsp3) is 0.667. The second-order valence-electron chi connectivity index (χ2n) is 2.56. The van der Waals surface area contributed by atoms with Gasteiger partial charge in [0.05, 0.1) is 0 Å². The number of allylic oxidation sites excluding steroid dienone is 2. The Morgan fingerprint density at radius 3 is 2.64 bits per heavy atom. The third-order valence-corrected chi connectivity index (χ3v) is 1.60. The molecule has 0 N–H and O–H groups in total. The Kier molecular flexibility index (Phi) is 7.59. The molecule has 0 rings (SSSR count). The summed E-state index contributed by atoms with van der Waals surface area (Å²) in [5, 5.41) is -0.375. The number of carbonyl (C=O) groups excluding carboxylic acids is 1. The molecular weight excluding hydrogens is 160 g/mol. The molecule has 0 heterocycles. The van der Waals surface area contributed by atoms with Gasteiger partial charge >= 0.3 is 0 Å². The average molecular weight is 175 g/mol. The van der Waals surface area contributed by atoms with Crippen LogP contribution in [0.1, 0.15) is 39.0 Å². The lowest BCUT2D eigenvalue weighted by molar-refractivity contribution is -0.107. The van der Waals surface area contributed by atoms with E-state index in [4.69, 9.17) is 11.6 Å². The van der Waals surface area contributed by atoms with E-state index in [2.05, 4.69) is 6.92 Å². The van der Waals surface area contributed by atoms with Gasteiger partial charge in [-0.1, -0.05) is 32.3 Å². The van der Waals surface area contributed by atoms with Crippen LogP contribution in [0.25, 0.3) is 0 Å². The summed E-state index contributed by atoms with van der Waals surface area (Å²) >= 11 is 5.09. The van der Waals surface area contributed by atoms with Gasteiger partial charge in [-0.05, 0) is 30.5 Å². The Balaban J connectivity index is 3.07. The molecule has 0 saturated heterocycles. The summed E-state index contributed by atoms with van der Waals surface area (Å²) in [5.41, 5.74) is 0. The normalized spacial score (nSPS) is 10.7. The fourth-order valence-electron chi connectivity index (χ4n) is 0.865. The summed E-state index contributed by atoms with van der Waals surface area (Å²) in [7, 11) is 0. The molecule has 0 fully saturated rings. The van der Waals surface area contributed by atoms with Crippen LogP contribution in [0.5, 0.6) is 0 Å². The summed E-state index contributed by atoms with van der Waals surface area (Å²) in [5.74, 6) is 0. The zero-order valence-corrected chi connectivity index (χ0v) is 7.73. The van der Waals surface area contributed by atoms with Gasteiger partial charge in [-0.3, -0.25) is 4.79 Å². The van der Waals surface area contributed by atoms with Crippen molar-refractivity contribution in [3.63, 3.8) is 0 Å². The van der Waals surface area contributed by atoms with Crippen molar-refractivity contribution in [2.75, 3.05) is 0 Å². The summed E-state index contributed by atoms with van der Waals surface area (Å²) in [6.07, 6.45) is 9.17. The zero-order valence-electron chi connectivity index (χ0n) is 6.98. The lowest BCUT2D eigenvalue weighted by Gasteiger charge is -1.92. The SMILES string of the molecule is CCCCCCC=CC(=O)Cl. The number of carbonyl (C=O) groups is 1. The predicted molar refractivity (Wildman–Crippen MR) is 48.8 cm³/mol. The van der Waals surface area contributed by atoms with E-state index in [1.54, 1.807) is 0 Å². The first-order valence-electron chi connectivity index (χ1n) is 4.13. The molecule has 0 radical (unpaired) electrons. The van der Waals surface area contributed by atoms with E-state index in [-0.39, 0.29) is 5.24 Å². The number of hydrogen-bond donors (Lipinski definition) is 0. The van der Waals surface area contributed by atoms with Crippen LogP contribution in [0.3, 0.4) is 0 Å². The van der Waals surface area contributed by atoms with Crippen molar-refractivity contribution in [2.24, 2.45) is 0 Å². The monoisotopic (exact) mass is 174 g/mol. The van der Waals surface area contributed by atoms with Crippen LogP contribution in [0.4, 0.5) is 0 Å². The molecule has 0 unspecified atom stereocenters. The highest BCUT2D eigenvalue weighted by Crippen LogP contribution is 2.02. The van der Waals surface area contributed by atoms with Crippen molar-refractivity contribution in [1.29, 1.82) is 0 Å². The summed E-state index contributed by atoms with van der Waals surface area (Å²) in [6.45, 7) is 2.18. The lowest BCUT2D eigenvalue weighted by atomic mass is 10.1. The maximum atomic E-state index is 10.2. The van der Waals surface area contributed by atoms with Crippen molar-refractivity contribution in [2.45, 2.75) is 39.0 Å². The van der Waals surface area contributed by atoms with Gasteiger partial charge < -0.3 is 0 Å². The van der Waals surface area contributed by atoms with E-state index in [9.17, 15) is 4.79 Å². The molecular formula is C9H15ClO. The van der Waals surface area contributed by atoms with E-state index in [0.29, 0.717) is 0 Å². The molecule has 0 saturated carbocycles. The minimum atomic E-state index is -0.375.